The van der Waals surface area contributed by atoms with Crippen LogP contribution >= 0.6 is 23.8 Å². The minimum Gasteiger partial charge on any atom is -0.351 e. The summed E-state index contributed by atoms with van der Waals surface area (Å²) in [5, 5.41) is 7.66. The Labute approximate surface area is 160 Å². The van der Waals surface area contributed by atoms with Gasteiger partial charge in [-0.1, -0.05) is 30.7 Å². The summed E-state index contributed by atoms with van der Waals surface area (Å²) in [6.45, 7) is 10.7. The zero-order valence-electron chi connectivity index (χ0n) is 15.4. The minimum absolute atomic E-state index is 0.0916. The van der Waals surface area contributed by atoms with Crippen LogP contribution in [0.3, 0.4) is 0 Å². The van der Waals surface area contributed by atoms with Crippen LogP contribution in [0.15, 0.2) is 35.5 Å². The molecule has 1 aliphatic rings. The van der Waals surface area contributed by atoms with Gasteiger partial charge in [-0.05, 0) is 64.0 Å². The van der Waals surface area contributed by atoms with Crippen molar-refractivity contribution in [3.05, 3.63) is 46.1 Å². The molecule has 0 unspecified atom stereocenters. The number of halogens is 1. The first kappa shape index (κ1) is 19.7. The molecular formula is C19H26ClN3OS. The molecule has 6 heteroatoms. The lowest BCUT2D eigenvalue weighted by molar-refractivity contribution is -0.119. The van der Waals surface area contributed by atoms with Crippen molar-refractivity contribution < 1.29 is 4.79 Å². The summed E-state index contributed by atoms with van der Waals surface area (Å²) in [7, 11) is 0. The maximum Gasteiger partial charge on any atom is 0.251 e. The number of nitrogens with zero attached hydrogens (tertiary/aromatic N) is 1. The summed E-state index contributed by atoms with van der Waals surface area (Å²) in [5.74, 6) is -0.0916. The number of carbonyl (C=O) groups excluding carboxylic acids is 1. The second-order valence-electron chi connectivity index (χ2n) is 7.29. The van der Waals surface area contributed by atoms with Crippen molar-refractivity contribution in [1.82, 2.24) is 15.5 Å². The van der Waals surface area contributed by atoms with Crippen LogP contribution in [0, 0.1) is 0 Å². The Bertz CT molecular complexity index is 709. The standard InChI is InChI=1S/C19H26ClN3OS/c1-6-10-23-12(2)15(17(24)22-19(3,4)5)16(21-18(23)25)13-8-7-9-14(20)11-13/h7-9,11,16H,6,10H2,1-5H3,(H,21,25)(H,22,24)/t16-/m0/s1. The van der Waals surface area contributed by atoms with Gasteiger partial charge in [-0.15, -0.1) is 0 Å². The molecule has 0 aromatic heterocycles. The molecule has 1 aromatic rings. The molecule has 2 N–H and O–H groups in total. The number of hydrogen-bond acceptors (Lipinski definition) is 2. The molecule has 1 amide bonds. The lowest BCUT2D eigenvalue weighted by atomic mass is 9.93. The smallest absolute Gasteiger partial charge is 0.251 e. The van der Waals surface area contributed by atoms with E-state index in [1.165, 1.54) is 0 Å². The van der Waals surface area contributed by atoms with Gasteiger partial charge in [-0.2, -0.15) is 0 Å². The van der Waals surface area contributed by atoms with Gasteiger partial charge >= 0.3 is 0 Å². The van der Waals surface area contributed by atoms with Gasteiger partial charge in [0.05, 0.1) is 11.6 Å². The second kappa shape index (κ2) is 7.75. The van der Waals surface area contributed by atoms with Gasteiger partial charge in [-0.25, -0.2) is 0 Å². The first-order chi connectivity index (χ1) is 11.6. The summed E-state index contributed by atoms with van der Waals surface area (Å²) < 4.78 is 0. The van der Waals surface area contributed by atoms with Gasteiger partial charge in [0.15, 0.2) is 5.11 Å². The number of carbonyl (C=O) groups is 1. The zero-order valence-corrected chi connectivity index (χ0v) is 17.0. The molecule has 2 rings (SSSR count). The molecule has 1 heterocycles. The van der Waals surface area contributed by atoms with Crippen molar-refractivity contribution in [1.29, 1.82) is 0 Å². The van der Waals surface area contributed by atoms with Gasteiger partial charge < -0.3 is 15.5 Å². The third-order valence-corrected chi connectivity index (χ3v) is 4.53. The second-order valence-corrected chi connectivity index (χ2v) is 8.12. The van der Waals surface area contributed by atoms with Crippen molar-refractivity contribution in [2.75, 3.05) is 6.54 Å². The van der Waals surface area contributed by atoms with Crippen molar-refractivity contribution in [2.45, 2.75) is 52.6 Å². The van der Waals surface area contributed by atoms with Crippen LogP contribution in [-0.4, -0.2) is 28.0 Å². The Hall–Kier alpha value is -1.59. The maximum atomic E-state index is 13.0. The summed E-state index contributed by atoms with van der Waals surface area (Å²) >= 11 is 11.7. The van der Waals surface area contributed by atoms with Gasteiger partial charge in [0.2, 0.25) is 0 Å². The van der Waals surface area contributed by atoms with Crippen LogP contribution in [0.25, 0.3) is 0 Å². The van der Waals surface area contributed by atoms with Crippen molar-refractivity contribution in [3.63, 3.8) is 0 Å². The molecule has 0 spiro atoms. The van der Waals surface area contributed by atoms with E-state index in [1.807, 2.05) is 56.9 Å². The van der Waals surface area contributed by atoms with Gasteiger partial charge in [0.1, 0.15) is 0 Å². The molecule has 0 saturated heterocycles. The normalized spacial score (nSPS) is 18.2. The van der Waals surface area contributed by atoms with E-state index >= 15 is 0 Å². The van der Waals surface area contributed by atoms with Gasteiger partial charge in [-0.3, -0.25) is 4.79 Å². The van der Waals surface area contributed by atoms with Gasteiger partial charge in [0, 0.05) is 22.8 Å². The zero-order chi connectivity index (χ0) is 18.8. The Morgan fingerprint density at radius 3 is 2.64 bits per heavy atom. The highest BCUT2D eigenvalue weighted by molar-refractivity contribution is 7.80. The van der Waals surface area contributed by atoms with Crippen molar-refractivity contribution in [2.24, 2.45) is 0 Å². The fourth-order valence-electron chi connectivity index (χ4n) is 2.91. The molecule has 136 valence electrons. The van der Waals surface area contributed by atoms with Crippen LogP contribution < -0.4 is 10.6 Å². The largest absolute Gasteiger partial charge is 0.351 e. The Balaban J connectivity index is 2.53. The average molecular weight is 380 g/mol. The molecule has 0 aliphatic carbocycles. The van der Waals surface area contributed by atoms with Crippen LogP contribution in [0.1, 0.15) is 52.6 Å². The molecule has 1 aromatic carbocycles. The minimum atomic E-state index is -0.323. The van der Waals surface area contributed by atoms with E-state index in [9.17, 15) is 4.79 Å². The third-order valence-electron chi connectivity index (χ3n) is 3.96. The SMILES string of the molecule is CCCN1C(=S)N[C@@H](c2cccc(Cl)c2)C(C(=O)NC(C)(C)C)=C1C. The Morgan fingerprint density at radius 1 is 1.40 bits per heavy atom. The van der Waals surface area contributed by atoms with Crippen LogP contribution in [-0.2, 0) is 4.79 Å². The molecule has 0 saturated carbocycles. The predicted molar refractivity (Wildman–Crippen MR) is 108 cm³/mol. The lowest BCUT2D eigenvalue weighted by Crippen LogP contribution is -2.51. The quantitative estimate of drug-likeness (QED) is 0.770. The number of nitrogens with one attached hydrogen (secondary N) is 2. The molecule has 0 fully saturated rings. The highest BCUT2D eigenvalue weighted by Crippen LogP contribution is 2.32. The van der Waals surface area contributed by atoms with E-state index in [0.29, 0.717) is 15.7 Å². The Kier molecular flexibility index (Phi) is 6.12. The van der Waals surface area contributed by atoms with Crippen LogP contribution in [0.5, 0.6) is 0 Å². The highest BCUT2D eigenvalue weighted by Gasteiger charge is 2.34. The number of rotatable bonds is 4. The lowest BCUT2D eigenvalue weighted by Gasteiger charge is -2.38. The maximum absolute atomic E-state index is 13.0. The number of amides is 1. The summed E-state index contributed by atoms with van der Waals surface area (Å²) in [5.41, 5.74) is 2.16. The highest BCUT2D eigenvalue weighted by atomic mass is 35.5. The van der Waals surface area contributed by atoms with Crippen molar-refractivity contribution in [3.8, 4) is 0 Å². The van der Waals surface area contributed by atoms with Gasteiger partial charge in [0.25, 0.3) is 5.91 Å². The summed E-state index contributed by atoms with van der Waals surface area (Å²) in [4.78, 5) is 15.0. The number of allylic oxidation sites excluding steroid dienone is 1. The van der Waals surface area contributed by atoms with E-state index in [2.05, 4.69) is 17.6 Å². The number of benzene rings is 1. The van der Waals surface area contributed by atoms with Crippen LogP contribution in [0.4, 0.5) is 0 Å². The number of thiocarbonyl (C=S) groups is 1. The van der Waals surface area contributed by atoms with Crippen LogP contribution in [0.2, 0.25) is 5.02 Å². The topological polar surface area (TPSA) is 44.4 Å². The average Bonchev–Trinajstić information content (AvgIpc) is 2.49. The summed E-state index contributed by atoms with van der Waals surface area (Å²) in [6.07, 6.45) is 0.940. The van der Waals surface area contributed by atoms with E-state index in [1.54, 1.807) is 0 Å². The molecule has 0 radical (unpaired) electrons. The fraction of sp³-hybridized carbons (Fsp3) is 0.474. The molecule has 0 bridgehead atoms. The van der Waals surface area contributed by atoms with Crippen molar-refractivity contribution >= 4 is 34.8 Å². The van der Waals surface area contributed by atoms with E-state index in [0.717, 1.165) is 24.2 Å². The monoisotopic (exact) mass is 379 g/mol. The third kappa shape index (κ3) is 4.73. The van der Waals surface area contributed by atoms with E-state index in [4.69, 9.17) is 23.8 Å². The fourth-order valence-corrected chi connectivity index (χ4v) is 3.46. The first-order valence-corrected chi connectivity index (χ1v) is 9.29. The Morgan fingerprint density at radius 2 is 2.08 bits per heavy atom. The van der Waals surface area contributed by atoms with E-state index in [-0.39, 0.29) is 17.5 Å². The molecular weight excluding hydrogens is 354 g/mol. The number of hydrogen-bond donors (Lipinski definition) is 2. The molecule has 4 nitrogen and oxygen atoms in total. The molecule has 1 aliphatic heterocycles. The predicted octanol–water partition coefficient (Wildman–Crippen LogP) is 4.17. The molecule has 25 heavy (non-hydrogen) atoms. The van der Waals surface area contributed by atoms with E-state index < -0.39 is 0 Å². The summed E-state index contributed by atoms with van der Waals surface area (Å²) in [6, 6.07) is 7.21. The first-order valence-electron chi connectivity index (χ1n) is 8.51. The molecule has 1 atom stereocenters.